The van der Waals surface area contributed by atoms with Crippen molar-refractivity contribution in [1.29, 1.82) is 0 Å². The van der Waals surface area contributed by atoms with Gasteiger partial charge in [-0.1, -0.05) is 287 Å². The second-order valence-corrected chi connectivity index (χ2v) is 32.1. The Morgan fingerprint density at radius 3 is 0.940 bits per heavy atom. The Bertz CT molecular complexity index is 4670. The Hall–Kier alpha value is -7.23. The van der Waals surface area contributed by atoms with Crippen LogP contribution in [0.25, 0.3) is 77.2 Å². The molecule has 0 amide bonds. The average Bonchev–Trinajstić information content (AvgIpc) is 1.38. The van der Waals surface area contributed by atoms with Crippen molar-refractivity contribution in [1.82, 2.24) is 9.13 Å². The first-order chi connectivity index (χ1) is 39.4. The molecule has 0 aliphatic carbocycles. The standard InChI is InChI=1S/C79H81B3N2/c1-44-65-72-67-73-66(44)81(52-34-30-50(31-35-52)76(8,9)10)58-41-37-55(78(14,15)16)63-64-56(79(17,18)19)39-43-60(71(64)84(73)69(58)63)82(67)59-42-38-54(77(11,12)13)62-61-53(47-22-28-49(29-23-47)75(5,6)7)36-40-57(68(61)83(72)70(59)62)80(65)51-32-24-46(25-33-51)45-20-26-48(27-21-45)74(2,3)4/h20-43H,1-19H3. The van der Waals surface area contributed by atoms with Crippen LogP contribution in [0.15, 0.2) is 146 Å². The first-order valence-electron chi connectivity index (χ1n) is 31.4. The predicted molar refractivity (Wildman–Crippen MR) is 370 cm³/mol. The molecule has 0 spiro atoms. The molecule has 84 heavy (non-hydrogen) atoms. The molecule has 15 rings (SSSR count). The van der Waals surface area contributed by atoms with E-state index in [1.807, 2.05) is 0 Å². The minimum absolute atomic E-state index is 0.00233. The Morgan fingerprint density at radius 1 is 0.274 bits per heavy atom. The Kier molecular flexibility index (Phi) is 10.8. The zero-order valence-electron chi connectivity index (χ0n) is 53.5. The summed E-state index contributed by atoms with van der Waals surface area (Å²) >= 11 is 0. The molecule has 0 fully saturated rings. The second kappa shape index (κ2) is 17.0. The van der Waals surface area contributed by atoms with Crippen LogP contribution in [0.4, 0.5) is 0 Å². The van der Waals surface area contributed by atoms with Crippen molar-refractivity contribution in [2.75, 3.05) is 0 Å². The van der Waals surface area contributed by atoms with Gasteiger partial charge in [-0.2, -0.15) is 0 Å². The van der Waals surface area contributed by atoms with E-state index >= 15 is 0 Å². The second-order valence-electron chi connectivity index (χ2n) is 32.1. The molecule has 2 nitrogen and oxygen atoms in total. The van der Waals surface area contributed by atoms with E-state index in [9.17, 15) is 0 Å². The molecule has 11 aromatic rings. The fraction of sp³-hybridized carbons (Fsp3) is 0.316. The largest absolute Gasteiger partial charge is 0.311 e. The highest BCUT2D eigenvalue weighted by Crippen LogP contribution is 2.49. The molecule has 0 atom stereocenters. The number of fused-ring (bicyclic) bond motifs is 4. The van der Waals surface area contributed by atoms with Crippen LogP contribution in [0.2, 0.25) is 0 Å². The molecule has 0 saturated carbocycles. The Morgan fingerprint density at radius 2 is 0.571 bits per heavy atom. The highest BCUT2D eigenvalue weighted by Gasteiger charge is 2.52. The van der Waals surface area contributed by atoms with E-state index in [1.165, 1.54) is 165 Å². The van der Waals surface area contributed by atoms with Gasteiger partial charge in [0.1, 0.15) is 0 Å². The first-order valence-corrected chi connectivity index (χ1v) is 31.4. The molecular formula is C79H81B3N2. The summed E-state index contributed by atoms with van der Waals surface area (Å²) < 4.78 is 5.71. The molecule has 0 saturated heterocycles. The van der Waals surface area contributed by atoms with Crippen LogP contribution in [0, 0.1) is 6.92 Å². The van der Waals surface area contributed by atoms with Gasteiger partial charge in [0.2, 0.25) is 13.4 Å². The minimum Gasteiger partial charge on any atom is -0.311 e. The van der Waals surface area contributed by atoms with Crippen LogP contribution in [0.5, 0.6) is 0 Å². The monoisotopic (exact) mass is 1090 g/mol. The number of rotatable bonds is 4. The molecule has 0 bridgehead atoms. The topological polar surface area (TPSA) is 9.86 Å². The maximum Gasteiger partial charge on any atom is 0.252 e. The maximum atomic E-state index is 2.86. The van der Waals surface area contributed by atoms with Crippen LogP contribution in [-0.4, -0.2) is 29.3 Å². The summed E-state index contributed by atoms with van der Waals surface area (Å²) in [6.45, 7) is 45.3. The van der Waals surface area contributed by atoms with Crippen molar-refractivity contribution in [3.63, 3.8) is 0 Å². The van der Waals surface area contributed by atoms with Crippen molar-refractivity contribution in [3.8, 4) is 33.6 Å². The summed E-state index contributed by atoms with van der Waals surface area (Å²) in [6, 6.07) is 59.0. The fourth-order valence-corrected chi connectivity index (χ4v) is 16.3. The predicted octanol–water partition coefficient (Wildman–Crippen LogP) is 14.1. The van der Waals surface area contributed by atoms with Crippen LogP contribution in [0.1, 0.15) is 164 Å². The molecule has 4 aliphatic heterocycles. The summed E-state index contributed by atoms with van der Waals surface area (Å²) in [7, 11) is 0. The molecule has 6 heterocycles. The van der Waals surface area contributed by atoms with E-state index in [-0.39, 0.29) is 52.6 Å². The molecule has 5 heteroatoms. The first kappa shape index (κ1) is 53.5. The summed E-state index contributed by atoms with van der Waals surface area (Å²) in [5.74, 6) is 0. The molecule has 4 aliphatic rings. The zero-order valence-corrected chi connectivity index (χ0v) is 53.5. The van der Waals surface area contributed by atoms with Crippen LogP contribution >= 0.6 is 0 Å². The summed E-state index contributed by atoms with van der Waals surface area (Å²) in [5.41, 5.74) is 35.8. The van der Waals surface area contributed by atoms with Crippen molar-refractivity contribution in [3.05, 3.63) is 185 Å². The van der Waals surface area contributed by atoms with E-state index in [4.69, 9.17) is 0 Å². The number of hydrogen-bond acceptors (Lipinski definition) is 0. The van der Waals surface area contributed by atoms with Gasteiger partial charge in [0.25, 0.3) is 6.71 Å². The Balaban J connectivity index is 1.15. The molecule has 2 aromatic heterocycles. The van der Waals surface area contributed by atoms with E-state index in [1.54, 1.807) is 0 Å². The highest BCUT2D eigenvalue weighted by molar-refractivity contribution is 7.06. The summed E-state index contributed by atoms with van der Waals surface area (Å²) in [5, 5.41) is 5.69. The van der Waals surface area contributed by atoms with Crippen LogP contribution < -0.4 is 49.2 Å². The number of aromatic nitrogens is 2. The third-order valence-electron chi connectivity index (χ3n) is 20.5. The molecule has 9 aromatic carbocycles. The van der Waals surface area contributed by atoms with E-state index < -0.39 is 0 Å². The third kappa shape index (κ3) is 7.26. The van der Waals surface area contributed by atoms with Gasteiger partial charge >= 0.3 is 0 Å². The van der Waals surface area contributed by atoms with Gasteiger partial charge in [0, 0.05) is 55.0 Å². The number of nitrogens with zero attached hydrogens (tertiary/aromatic N) is 2. The lowest BCUT2D eigenvalue weighted by Crippen LogP contribution is -2.70. The lowest BCUT2D eigenvalue weighted by atomic mass is 9.27. The third-order valence-corrected chi connectivity index (χ3v) is 20.5. The smallest absolute Gasteiger partial charge is 0.252 e. The van der Waals surface area contributed by atoms with Gasteiger partial charge in [-0.05, 0) is 133 Å². The molecule has 0 radical (unpaired) electrons. The zero-order chi connectivity index (χ0) is 59.2. The van der Waals surface area contributed by atoms with E-state index in [0.29, 0.717) is 0 Å². The molecule has 0 N–H and O–H groups in total. The van der Waals surface area contributed by atoms with Gasteiger partial charge in [0.05, 0.1) is 0 Å². The Labute approximate surface area is 501 Å². The fourth-order valence-electron chi connectivity index (χ4n) is 16.3. The van der Waals surface area contributed by atoms with Crippen LogP contribution in [0.3, 0.4) is 0 Å². The van der Waals surface area contributed by atoms with Gasteiger partial charge in [-0.3, -0.25) is 0 Å². The van der Waals surface area contributed by atoms with Gasteiger partial charge in [0.15, 0.2) is 0 Å². The summed E-state index contributed by atoms with van der Waals surface area (Å²) in [4.78, 5) is 0. The summed E-state index contributed by atoms with van der Waals surface area (Å²) in [6.07, 6.45) is 0. The molecule has 416 valence electrons. The average molecular weight is 1090 g/mol. The quantitative estimate of drug-likeness (QED) is 0.155. The number of benzene rings is 9. The minimum atomic E-state index is -0.139. The van der Waals surface area contributed by atoms with Crippen molar-refractivity contribution >= 4 is 113 Å². The van der Waals surface area contributed by atoms with Crippen molar-refractivity contribution in [2.24, 2.45) is 0 Å². The van der Waals surface area contributed by atoms with Gasteiger partial charge < -0.3 is 9.13 Å². The molecular weight excluding hydrogens is 1010 g/mol. The SMILES string of the molecule is Cc1c2c3c4c5c1B(c1ccc(C(C)(C)C)cc1)c1ccc(C(C)(C)C)c6c7c(C(C)(C)C)ccc(c7n-5c16)B4c1ccc(C(C)(C)C)c4c5c(-c6ccc(C(C)(C)C)cc6)ccc(c5n-3c14)B2c1ccc(-c2ccc(C(C)(C)C)cc2)cc1. The molecule has 0 unspecified atom stereocenters. The lowest BCUT2D eigenvalue weighted by molar-refractivity contribution is 0.590. The van der Waals surface area contributed by atoms with E-state index in [0.717, 1.165) is 0 Å². The van der Waals surface area contributed by atoms with E-state index in [2.05, 4.69) is 286 Å². The maximum absolute atomic E-state index is 2.86. The van der Waals surface area contributed by atoms with Gasteiger partial charge in [-0.25, -0.2) is 0 Å². The highest BCUT2D eigenvalue weighted by atomic mass is 15.1. The van der Waals surface area contributed by atoms with Crippen molar-refractivity contribution in [2.45, 2.75) is 164 Å². The lowest BCUT2D eigenvalue weighted by Gasteiger charge is -2.43. The van der Waals surface area contributed by atoms with Gasteiger partial charge in [-0.15, -0.1) is 0 Å². The normalized spacial score (nSPS) is 14.5. The number of hydrogen-bond donors (Lipinski definition) is 0. The van der Waals surface area contributed by atoms with Crippen molar-refractivity contribution < 1.29 is 0 Å². The van der Waals surface area contributed by atoms with Crippen LogP contribution in [-0.2, 0) is 32.5 Å².